The summed E-state index contributed by atoms with van der Waals surface area (Å²) in [6.07, 6.45) is 4.36. The first-order valence-electron chi connectivity index (χ1n) is 8.36. The summed E-state index contributed by atoms with van der Waals surface area (Å²) in [5.41, 5.74) is 0.422. The zero-order chi connectivity index (χ0) is 17.5. The Morgan fingerprint density at radius 1 is 1.21 bits per heavy atom. The first-order valence-corrected chi connectivity index (χ1v) is 9.80. The van der Waals surface area contributed by atoms with Crippen LogP contribution < -0.4 is 5.32 Å². The Labute approximate surface area is 142 Å². The fraction of sp³-hybridized carbons (Fsp3) is 0.529. The summed E-state index contributed by atoms with van der Waals surface area (Å²) in [6.45, 7) is 3.66. The van der Waals surface area contributed by atoms with Crippen LogP contribution in [0.4, 0.5) is 0 Å². The second-order valence-electron chi connectivity index (χ2n) is 6.74. The molecule has 0 unspecified atom stereocenters. The normalized spacial score (nSPS) is 20.3. The van der Waals surface area contributed by atoms with Gasteiger partial charge in [0.15, 0.2) is 0 Å². The Kier molecular flexibility index (Phi) is 4.38. The molecule has 6 nitrogen and oxygen atoms in total. The number of benzene rings is 1. The van der Waals surface area contributed by atoms with Gasteiger partial charge in [-0.2, -0.15) is 0 Å². The number of sulfonamides is 1. The molecule has 0 spiro atoms. The molecule has 0 radical (unpaired) electrons. The number of hydrogen-bond donors (Lipinski definition) is 1. The van der Waals surface area contributed by atoms with Gasteiger partial charge < -0.3 is 5.32 Å². The third-order valence-corrected chi connectivity index (χ3v) is 6.41. The van der Waals surface area contributed by atoms with E-state index >= 15 is 0 Å². The van der Waals surface area contributed by atoms with Crippen LogP contribution in [0.25, 0.3) is 0 Å². The third-order valence-electron chi connectivity index (χ3n) is 4.54. The molecule has 3 rings (SSSR count). The summed E-state index contributed by atoms with van der Waals surface area (Å²) in [5.74, 6) is -0.806. The second kappa shape index (κ2) is 6.20. The van der Waals surface area contributed by atoms with Crippen molar-refractivity contribution in [3.8, 4) is 0 Å². The molecule has 1 aliphatic carbocycles. The summed E-state index contributed by atoms with van der Waals surface area (Å²) in [6, 6.07) is 3.96. The van der Waals surface area contributed by atoms with Crippen LogP contribution in [0.2, 0.25) is 0 Å². The molecule has 1 heterocycles. The van der Waals surface area contributed by atoms with E-state index in [9.17, 15) is 18.0 Å². The van der Waals surface area contributed by atoms with Crippen molar-refractivity contribution in [3.05, 3.63) is 29.3 Å². The van der Waals surface area contributed by atoms with Crippen LogP contribution in [0.5, 0.6) is 0 Å². The maximum atomic E-state index is 12.9. The minimum atomic E-state index is -3.88. The lowest BCUT2D eigenvalue weighted by molar-refractivity contribution is 0.0809. The van der Waals surface area contributed by atoms with Crippen LogP contribution in [0.3, 0.4) is 0 Å². The van der Waals surface area contributed by atoms with Gasteiger partial charge in [0.2, 0.25) is 0 Å². The quantitative estimate of drug-likeness (QED) is 0.907. The molecule has 1 saturated carbocycles. The Bertz CT molecular complexity index is 780. The number of amides is 2. The van der Waals surface area contributed by atoms with Crippen molar-refractivity contribution in [1.29, 1.82) is 0 Å². The van der Waals surface area contributed by atoms with E-state index in [0.717, 1.165) is 23.6 Å². The van der Waals surface area contributed by atoms with E-state index in [1.54, 1.807) is 0 Å². The van der Waals surface area contributed by atoms with Crippen LogP contribution in [-0.4, -0.2) is 36.6 Å². The lowest BCUT2D eigenvalue weighted by atomic mass is 9.95. The van der Waals surface area contributed by atoms with Gasteiger partial charge >= 0.3 is 0 Å². The number of rotatable bonds is 3. The Morgan fingerprint density at radius 2 is 1.88 bits per heavy atom. The van der Waals surface area contributed by atoms with Gasteiger partial charge in [0, 0.05) is 17.6 Å². The Balaban J connectivity index is 1.98. The minimum Gasteiger partial charge on any atom is -0.350 e. The fourth-order valence-corrected chi connectivity index (χ4v) is 5.25. The fourth-order valence-electron chi connectivity index (χ4n) is 3.41. The molecule has 1 aromatic rings. The van der Waals surface area contributed by atoms with Gasteiger partial charge in [0.05, 0.1) is 5.56 Å². The first-order chi connectivity index (χ1) is 11.3. The molecule has 7 heteroatoms. The number of fused-ring (bicyclic) bond motifs is 1. The highest BCUT2D eigenvalue weighted by Gasteiger charge is 2.45. The van der Waals surface area contributed by atoms with E-state index in [4.69, 9.17) is 0 Å². The van der Waals surface area contributed by atoms with E-state index in [0.29, 0.717) is 12.8 Å². The lowest BCUT2D eigenvalue weighted by Crippen LogP contribution is -2.40. The van der Waals surface area contributed by atoms with Crippen LogP contribution in [0, 0.1) is 0 Å². The average molecular weight is 350 g/mol. The SMILES string of the molecule is CC(C)NC(=O)c1ccc2c(c1)S(=O)(=O)N(C1CCCCC1)C2=O. The number of carbonyl (C=O) groups excluding carboxylic acids is 2. The van der Waals surface area contributed by atoms with Crippen molar-refractivity contribution >= 4 is 21.8 Å². The molecule has 1 aliphatic heterocycles. The number of carbonyl (C=O) groups is 2. The van der Waals surface area contributed by atoms with Crippen LogP contribution >= 0.6 is 0 Å². The molecule has 0 saturated heterocycles. The average Bonchev–Trinajstić information content (AvgIpc) is 2.74. The van der Waals surface area contributed by atoms with E-state index < -0.39 is 15.9 Å². The predicted octanol–water partition coefficient (Wildman–Crippen LogP) is 2.30. The second-order valence-corrected chi connectivity index (χ2v) is 8.52. The first kappa shape index (κ1) is 17.0. The standard InChI is InChI=1S/C17H22N2O4S/c1-11(2)18-16(20)12-8-9-14-15(10-12)24(22,23)19(17(14)21)13-6-4-3-5-7-13/h8-11,13H,3-7H2,1-2H3,(H,18,20). The zero-order valence-electron chi connectivity index (χ0n) is 13.9. The highest BCUT2D eigenvalue weighted by molar-refractivity contribution is 7.90. The van der Waals surface area contributed by atoms with Gasteiger partial charge in [-0.3, -0.25) is 9.59 Å². The molecule has 24 heavy (non-hydrogen) atoms. The van der Waals surface area contributed by atoms with E-state index in [2.05, 4.69) is 5.32 Å². The Morgan fingerprint density at radius 3 is 2.50 bits per heavy atom. The summed E-state index contributed by atoms with van der Waals surface area (Å²) < 4.78 is 26.8. The number of hydrogen-bond acceptors (Lipinski definition) is 4. The molecule has 1 aromatic carbocycles. The van der Waals surface area contributed by atoms with Crippen LogP contribution in [0.1, 0.15) is 66.7 Å². The van der Waals surface area contributed by atoms with Gasteiger partial charge in [0.1, 0.15) is 4.90 Å². The van der Waals surface area contributed by atoms with Crippen molar-refractivity contribution < 1.29 is 18.0 Å². The molecular weight excluding hydrogens is 328 g/mol. The molecule has 130 valence electrons. The molecular formula is C17H22N2O4S. The summed E-state index contributed by atoms with van der Waals surface area (Å²) in [7, 11) is -3.88. The van der Waals surface area contributed by atoms with Crippen molar-refractivity contribution in [2.75, 3.05) is 0 Å². The maximum Gasteiger partial charge on any atom is 0.269 e. The molecule has 0 atom stereocenters. The molecule has 2 aliphatic rings. The highest BCUT2D eigenvalue weighted by Crippen LogP contribution is 2.36. The van der Waals surface area contributed by atoms with Crippen molar-refractivity contribution in [2.45, 2.75) is 62.9 Å². The van der Waals surface area contributed by atoms with Gasteiger partial charge in [-0.1, -0.05) is 19.3 Å². The molecule has 0 aromatic heterocycles. The van der Waals surface area contributed by atoms with Gasteiger partial charge in [-0.05, 0) is 44.9 Å². The van der Waals surface area contributed by atoms with Crippen molar-refractivity contribution in [3.63, 3.8) is 0 Å². The third kappa shape index (κ3) is 2.81. The minimum absolute atomic E-state index is 0.0468. The maximum absolute atomic E-state index is 12.9. The van der Waals surface area contributed by atoms with E-state index in [1.165, 1.54) is 18.2 Å². The summed E-state index contributed by atoms with van der Waals surface area (Å²) in [5, 5.41) is 2.73. The summed E-state index contributed by atoms with van der Waals surface area (Å²) >= 11 is 0. The molecule has 0 bridgehead atoms. The highest BCUT2D eigenvalue weighted by atomic mass is 32.2. The topological polar surface area (TPSA) is 83.6 Å². The smallest absolute Gasteiger partial charge is 0.269 e. The van der Waals surface area contributed by atoms with Crippen molar-refractivity contribution in [1.82, 2.24) is 9.62 Å². The largest absolute Gasteiger partial charge is 0.350 e. The predicted molar refractivity (Wildman–Crippen MR) is 89.3 cm³/mol. The molecule has 2 amide bonds. The number of nitrogens with one attached hydrogen (secondary N) is 1. The number of nitrogens with zero attached hydrogens (tertiary/aromatic N) is 1. The zero-order valence-corrected chi connectivity index (χ0v) is 14.7. The van der Waals surface area contributed by atoms with Crippen LogP contribution in [0.15, 0.2) is 23.1 Å². The Hall–Kier alpha value is -1.89. The van der Waals surface area contributed by atoms with Crippen molar-refractivity contribution in [2.24, 2.45) is 0 Å². The monoisotopic (exact) mass is 350 g/mol. The van der Waals surface area contributed by atoms with Crippen LogP contribution in [-0.2, 0) is 10.0 Å². The lowest BCUT2D eigenvalue weighted by Gasteiger charge is -2.29. The van der Waals surface area contributed by atoms with E-state index in [1.807, 2.05) is 13.8 Å². The molecule has 1 N–H and O–H groups in total. The molecule has 1 fully saturated rings. The van der Waals surface area contributed by atoms with Gasteiger partial charge in [-0.15, -0.1) is 0 Å². The van der Waals surface area contributed by atoms with E-state index in [-0.39, 0.29) is 34.0 Å². The summed E-state index contributed by atoms with van der Waals surface area (Å²) in [4.78, 5) is 24.7. The van der Waals surface area contributed by atoms with Gasteiger partial charge in [0.25, 0.3) is 21.8 Å². The van der Waals surface area contributed by atoms with Gasteiger partial charge in [-0.25, -0.2) is 12.7 Å².